The normalized spacial score (nSPS) is 12.9. The standard InChI is InChI=1S/C23H23F3N6O/c1-31(15-23(24,25)26)12-11-20(16-7-3-2-4-8-16)32-14-17(13-27-32)28-22(33)21-18-9-5-6-10-19(18)29-30-21/h2-10,13-14,20H,11-12,15H2,1H3,(H,28,33)(H,29,30). The number of H-pyrrole nitrogens is 1. The van der Waals surface area contributed by atoms with Gasteiger partial charge in [0.1, 0.15) is 0 Å². The lowest BCUT2D eigenvalue weighted by atomic mass is 10.0. The molecule has 0 fully saturated rings. The molecule has 0 saturated carbocycles. The Kier molecular flexibility index (Phi) is 6.45. The molecular formula is C23H23F3N6O. The average molecular weight is 456 g/mol. The van der Waals surface area contributed by atoms with Crippen LogP contribution >= 0.6 is 0 Å². The van der Waals surface area contributed by atoms with Crippen LogP contribution in [0, 0.1) is 0 Å². The Morgan fingerprint density at radius 1 is 1.15 bits per heavy atom. The van der Waals surface area contributed by atoms with E-state index in [1.165, 1.54) is 18.1 Å². The molecular weight excluding hydrogens is 433 g/mol. The summed E-state index contributed by atoms with van der Waals surface area (Å²) in [5, 5.41) is 14.8. The summed E-state index contributed by atoms with van der Waals surface area (Å²) in [6.07, 6.45) is -0.650. The maximum absolute atomic E-state index is 12.7. The highest BCUT2D eigenvalue weighted by Gasteiger charge is 2.29. The Morgan fingerprint density at radius 2 is 1.88 bits per heavy atom. The lowest BCUT2D eigenvalue weighted by Crippen LogP contribution is -2.32. The van der Waals surface area contributed by atoms with Gasteiger partial charge in [-0.15, -0.1) is 0 Å². The molecule has 0 saturated heterocycles. The highest BCUT2D eigenvalue weighted by molar-refractivity contribution is 6.10. The van der Waals surface area contributed by atoms with E-state index in [4.69, 9.17) is 0 Å². The number of hydrogen-bond acceptors (Lipinski definition) is 4. The number of halogens is 3. The van der Waals surface area contributed by atoms with E-state index in [-0.39, 0.29) is 24.2 Å². The zero-order valence-corrected chi connectivity index (χ0v) is 17.9. The second-order valence-electron chi connectivity index (χ2n) is 7.85. The molecule has 4 rings (SSSR count). The number of hydrogen-bond donors (Lipinski definition) is 2. The molecule has 0 bridgehead atoms. The molecule has 4 aromatic rings. The minimum absolute atomic E-state index is 0.222. The molecule has 0 aliphatic heterocycles. The second kappa shape index (κ2) is 9.45. The van der Waals surface area contributed by atoms with Gasteiger partial charge in [0.05, 0.1) is 30.0 Å². The minimum atomic E-state index is -4.25. The monoisotopic (exact) mass is 456 g/mol. The van der Waals surface area contributed by atoms with Crippen LogP contribution in [0.3, 0.4) is 0 Å². The summed E-state index contributed by atoms with van der Waals surface area (Å²) in [4.78, 5) is 14.0. The number of carbonyl (C=O) groups excluding carboxylic acids is 1. The predicted octanol–water partition coefficient (Wildman–Crippen LogP) is 4.49. The molecule has 33 heavy (non-hydrogen) atoms. The van der Waals surface area contributed by atoms with Gasteiger partial charge in [-0.1, -0.05) is 48.5 Å². The maximum Gasteiger partial charge on any atom is 0.401 e. The van der Waals surface area contributed by atoms with E-state index in [0.717, 1.165) is 11.1 Å². The second-order valence-corrected chi connectivity index (χ2v) is 7.85. The number of para-hydroxylation sites is 1. The summed E-state index contributed by atoms with van der Waals surface area (Å²) in [6, 6.07) is 16.5. The summed E-state index contributed by atoms with van der Waals surface area (Å²) in [5.41, 5.74) is 2.41. The number of aromatic amines is 1. The van der Waals surface area contributed by atoms with Crippen molar-refractivity contribution in [3.63, 3.8) is 0 Å². The number of aromatic nitrogens is 4. The van der Waals surface area contributed by atoms with Crippen molar-refractivity contribution in [1.82, 2.24) is 24.9 Å². The molecule has 0 spiro atoms. The first kappa shape index (κ1) is 22.5. The quantitative estimate of drug-likeness (QED) is 0.410. The van der Waals surface area contributed by atoms with Crippen LogP contribution in [0.15, 0.2) is 67.0 Å². The van der Waals surface area contributed by atoms with E-state index in [1.807, 2.05) is 48.5 Å². The summed E-state index contributed by atoms with van der Waals surface area (Å²) < 4.78 is 39.8. The lowest BCUT2D eigenvalue weighted by molar-refractivity contribution is -0.143. The smallest absolute Gasteiger partial charge is 0.318 e. The van der Waals surface area contributed by atoms with Crippen LogP contribution in [-0.2, 0) is 0 Å². The number of nitrogens with one attached hydrogen (secondary N) is 2. The summed E-state index contributed by atoms with van der Waals surface area (Å²) in [6.45, 7) is -0.758. The van der Waals surface area contributed by atoms with Crippen LogP contribution in [0.2, 0.25) is 0 Å². The van der Waals surface area contributed by atoms with Crippen molar-refractivity contribution in [1.29, 1.82) is 0 Å². The highest BCUT2D eigenvalue weighted by atomic mass is 19.4. The summed E-state index contributed by atoms with van der Waals surface area (Å²) in [7, 11) is 1.44. The maximum atomic E-state index is 12.7. The van der Waals surface area contributed by atoms with Gasteiger partial charge in [-0.25, -0.2) is 0 Å². The number of carbonyl (C=O) groups is 1. The van der Waals surface area contributed by atoms with Crippen molar-refractivity contribution >= 4 is 22.5 Å². The molecule has 0 aliphatic carbocycles. The van der Waals surface area contributed by atoms with Gasteiger partial charge in [-0.05, 0) is 25.1 Å². The molecule has 7 nitrogen and oxygen atoms in total. The van der Waals surface area contributed by atoms with Crippen LogP contribution in [0.1, 0.15) is 28.5 Å². The fraction of sp³-hybridized carbons (Fsp3) is 0.261. The van der Waals surface area contributed by atoms with Crippen LogP contribution in [-0.4, -0.2) is 57.1 Å². The molecule has 1 atom stereocenters. The van der Waals surface area contributed by atoms with Gasteiger partial charge < -0.3 is 5.32 Å². The number of fused-ring (bicyclic) bond motifs is 1. The topological polar surface area (TPSA) is 78.8 Å². The zero-order valence-electron chi connectivity index (χ0n) is 17.9. The fourth-order valence-electron chi connectivity index (χ4n) is 3.75. The molecule has 1 unspecified atom stereocenters. The molecule has 2 N–H and O–H groups in total. The molecule has 1 amide bonds. The molecule has 172 valence electrons. The first-order valence-electron chi connectivity index (χ1n) is 10.4. The van der Waals surface area contributed by atoms with Crippen molar-refractivity contribution in [2.75, 3.05) is 25.5 Å². The van der Waals surface area contributed by atoms with Gasteiger partial charge in [-0.3, -0.25) is 19.5 Å². The van der Waals surface area contributed by atoms with E-state index >= 15 is 0 Å². The fourth-order valence-corrected chi connectivity index (χ4v) is 3.75. The van der Waals surface area contributed by atoms with Gasteiger partial charge in [0.2, 0.25) is 0 Å². The van der Waals surface area contributed by atoms with Crippen LogP contribution in [0.4, 0.5) is 18.9 Å². The molecule has 2 aromatic heterocycles. The van der Waals surface area contributed by atoms with Crippen LogP contribution < -0.4 is 5.32 Å². The van der Waals surface area contributed by atoms with E-state index in [2.05, 4.69) is 20.6 Å². The van der Waals surface area contributed by atoms with Crippen LogP contribution in [0.5, 0.6) is 0 Å². The van der Waals surface area contributed by atoms with E-state index in [0.29, 0.717) is 17.5 Å². The van der Waals surface area contributed by atoms with E-state index in [1.54, 1.807) is 16.9 Å². The number of nitrogens with zero attached hydrogens (tertiary/aromatic N) is 4. The average Bonchev–Trinajstić information content (AvgIpc) is 3.40. The number of alkyl halides is 3. The summed E-state index contributed by atoms with van der Waals surface area (Å²) >= 11 is 0. The van der Waals surface area contributed by atoms with Crippen molar-refractivity contribution < 1.29 is 18.0 Å². The molecule has 10 heteroatoms. The highest BCUT2D eigenvalue weighted by Crippen LogP contribution is 2.25. The van der Waals surface area contributed by atoms with Gasteiger partial charge >= 0.3 is 6.18 Å². The van der Waals surface area contributed by atoms with Crippen molar-refractivity contribution in [2.24, 2.45) is 0 Å². The SMILES string of the molecule is CN(CCC(c1ccccc1)n1cc(NC(=O)c2n[nH]c3ccccc23)cn1)CC(F)(F)F. The molecule has 2 heterocycles. The Bertz CT molecular complexity index is 1220. The van der Waals surface area contributed by atoms with Gasteiger partial charge in [0, 0.05) is 18.1 Å². The molecule has 0 aliphatic rings. The largest absolute Gasteiger partial charge is 0.401 e. The predicted molar refractivity (Wildman–Crippen MR) is 119 cm³/mol. The van der Waals surface area contributed by atoms with Crippen LogP contribution in [0.25, 0.3) is 10.9 Å². The number of benzene rings is 2. The van der Waals surface area contributed by atoms with Crippen molar-refractivity contribution in [3.8, 4) is 0 Å². The third kappa shape index (κ3) is 5.58. The zero-order chi connectivity index (χ0) is 23.4. The molecule has 0 radical (unpaired) electrons. The molecule has 2 aromatic carbocycles. The Labute approximate surface area is 188 Å². The number of amides is 1. The summed E-state index contributed by atoms with van der Waals surface area (Å²) in [5.74, 6) is -0.381. The Hall–Kier alpha value is -3.66. The van der Waals surface area contributed by atoms with E-state index in [9.17, 15) is 18.0 Å². The Balaban J connectivity index is 1.50. The number of rotatable bonds is 8. The van der Waals surface area contributed by atoms with Crippen molar-refractivity contribution in [3.05, 3.63) is 78.2 Å². The Morgan fingerprint density at radius 3 is 2.64 bits per heavy atom. The van der Waals surface area contributed by atoms with E-state index < -0.39 is 12.7 Å². The van der Waals surface area contributed by atoms with Gasteiger partial charge in [-0.2, -0.15) is 23.4 Å². The number of anilines is 1. The van der Waals surface area contributed by atoms with Crippen molar-refractivity contribution in [2.45, 2.75) is 18.6 Å². The van der Waals surface area contributed by atoms with Gasteiger partial charge in [0.15, 0.2) is 5.69 Å². The first-order valence-corrected chi connectivity index (χ1v) is 10.4. The van der Waals surface area contributed by atoms with Gasteiger partial charge in [0.25, 0.3) is 5.91 Å². The minimum Gasteiger partial charge on any atom is -0.318 e. The third-order valence-corrected chi connectivity index (χ3v) is 5.28. The third-order valence-electron chi connectivity index (χ3n) is 5.28. The first-order chi connectivity index (χ1) is 15.8. The lowest BCUT2D eigenvalue weighted by Gasteiger charge is -2.23.